The molecule has 0 radical (unpaired) electrons. The largest absolute Gasteiger partial charge is 0.481 e. The predicted octanol–water partition coefficient (Wildman–Crippen LogP) is 4.32. The molecule has 6 nitrogen and oxygen atoms in total. The highest BCUT2D eigenvalue weighted by Crippen LogP contribution is 2.22. The second-order valence-electron chi connectivity index (χ2n) is 6.84. The maximum atomic E-state index is 12.7. The number of hydrogen-bond acceptors (Lipinski definition) is 5. The first-order chi connectivity index (χ1) is 14.1. The highest BCUT2D eigenvalue weighted by Gasteiger charge is 2.21. The lowest BCUT2D eigenvalue weighted by atomic mass is 10.1. The SMILES string of the molecule is CC(Oc1ccc2ccccc2c1)C(=O)N(C)Cc1nc(-c2ccccc2)no1. The van der Waals surface area contributed by atoms with Crippen LogP contribution in [0.4, 0.5) is 0 Å². The Hall–Kier alpha value is -3.67. The molecule has 6 heteroatoms. The maximum absolute atomic E-state index is 12.7. The van der Waals surface area contributed by atoms with E-state index >= 15 is 0 Å². The molecule has 0 aliphatic carbocycles. The van der Waals surface area contributed by atoms with Crippen molar-refractivity contribution in [1.29, 1.82) is 0 Å². The molecule has 0 saturated heterocycles. The Morgan fingerprint density at radius 1 is 1.03 bits per heavy atom. The molecule has 0 saturated carbocycles. The molecular weight excluding hydrogens is 366 g/mol. The Morgan fingerprint density at radius 3 is 2.55 bits per heavy atom. The van der Waals surface area contributed by atoms with Crippen molar-refractivity contribution in [2.24, 2.45) is 0 Å². The van der Waals surface area contributed by atoms with Crippen molar-refractivity contribution in [1.82, 2.24) is 15.0 Å². The molecule has 0 N–H and O–H groups in total. The van der Waals surface area contributed by atoms with Gasteiger partial charge in [0.25, 0.3) is 5.91 Å². The van der Waals surface area contributed by atoms with Crippen LogP contribution in [0.15, 0.2) is 77.3 Å². The quantitative estimate of drug-likeness (QED) is 0.493. The third kappa shape index (κ3) is 4.27. The van der Waals surface area contributed by atoms with E-state index in [9.17, 15) is 4.79 Å². The minimum atomic E-state index is -0.641. The summed E-state index contributed by atoms with van der Waals surface area (Å²) >= 11 is 0. The molecule has 0 fully saturated rings. The van der Waals surface area contributed by atoms with Crippen molar-refractivity contribution in [3.8, 4) is 17.1 Å². The summed E-state index contributed by atoms with van der Waals surface area (Å²) in [7, 11) is 1.69. The third-order valence-corrected chi connectivity index (χ3v) is 4.63. The Morgan fingerprint density at radius 2 is 1.76 bits per heavy atom. The normalized spacial score (nSPS) is 11.9. The number of amides is 1. The minimum absolute atomic E-state index is 0.169. The van der Waals surface area contributed by atoms with Crippen LogP contribution in [0.25, 0.3) is 22.2 Å². The summed E-state index contributed by atoms with van der Waals surface area (Å²) in [6.45, 7) is 1.95. The average molecular weight is 387 g/mol. The van der Waals surface area contributed by atoms with Gasteiger partial charge in [0.05, 0.1) is 6.54 Å². The highest BCUT2D eigenvalue weighted by atomic mass is 16.5. The van der Waals surface area contributed by atoms with Crippen LogP contribution >= 0.6 is 0 Å². The van der Waals surface area contributed by atoms with Gasteiger partial charge in [0.15, 0.2) is 6.10 Å². The number of nitrogens with zero attached hydrogens (tertiary/aromatic N) is 3. The van der Waals surface area contributed by atoms with E-state index in [2.05, 4.69) is 10.1 Å². The van der Waals surface area contributed by atoms with Crippen LogP contribution in [0.3, 0.4) is 0 Å². The number of benzene rings is 3. The number of rotatable bonds is 6. The van der Waals surface area contributed by atoms with Gasteiger partial charge in [0, 0.05) is 12.6 Å². The molecule has 1 heterocycles. The molecular formula is C23H21N3O3. The van der Waals surface area contributed by atoms with E-state index in [4.69, 9.17) is 9.26 Å². The highest BCUT2D eigenvalue weighted by molar-refractivity contribution is 5.84. The van der Waals surface area contributed by atoms with Gasteiger partial charge in [-0.25, -0.2) is 0 Å². The molecule has 0 spiro atoms. The Labute approximate surface area is 168 Å². The van der Waals surface area contributed by atoms with E-state index < -0.39 is 6.10 Å². The van der Waals surface area contributed by atoms with E-state index in [1.54, 1.807) is 14.0 Å². The molecule has 4 aromatic rings. The number of ether oxygens (including phenoxy) is 1. The van der Waals surface area contributed by atoms with Gasteiger partial charge >= 0.3 is 0 Å². The van der Waals surface area contributed by atoms with Crippen molar-refractivity contribution in [2.75, 3.05) is 7.05 Å². The van der Waals surface area contributed by atoms with E-state index in [1.165, 1.54) is 4.90 Å². The van der Waals surface area contributed by atoms with Crippen LogP contribution in [-0.4, -0.2) is 34.1 Å². The number of carbonyl (C=O) groups excluding carboxylic acids is 1. The van der Waals surface area contributed by atoms with E-state index in [0.717, 1.165) is 16.3 Å². The lowest BCUT2D eigenvalue weighted by molar-refractivity contribution is -0.137. The molecule has 0 bridgehead atoms. The first-order valence-electron chi connectivity index (χ1n) is 9.38. The van der Waals surface area contributed by atoms with Crippen LogP contribution in [0.2, 0.25) is 0 Å². The minimum Gasteiger partial charge on any atom is -0.481 e. The number of fused-ring (bicyclic) bond motifs is 1. The monoisotopic (exact) mass is 387 g/mol. The summed E-state index contributed by atoms with van der Waals surface area (Å²) in [6, 6.07) is 23.4. The van der Waals surface area contributed by atoms with Crippen LogP contribution in [0.5, 0.6) is 5.75 Å². The van der Waals surface area contributed by atoms with E-state index in [-0.39, 0.29) is 12.5 Å². The Kier molecular flexibility index (Phi) is 5.24. The first kappa shape index (κ1) is 18.7. The fourth-order valence-electron chi connectivity index (χ4n) is 3.11. The topological polar surface area (TPSA) is 68.5 Å². The van der Waals surface area contributed by atoms with Crippen molar-refractivity contribution >= 4 is 16.7 Å². The van der Waals surface area contributed by atoms with Gasteiger partial charge in [-0.05, 0) is 29.8 Å². The molecule has 4 rings (SSSR count). The molecule has 1 atom stereocenters. The zero-order valence-corrected chi connectivity index (χ0v) is 16.3. The smallest absolute Gasteiger partial charge is 0.263 e. The lowest BCUT2D eigenvalue weighted by Gasteiger charge is -2.21. The van der Waals surface area contributed by atoms with Gasteiger partial charge in [-0.3, -0.25) is 4.79 Å². The molecule has 3 aromatic carbocycles. The first-order valence-corrected chi connectivity index (χ1v) is 9.38. The van der Waals surface area contributed by atoms with Gasteiger partial charge in [-0.1, -0.05) is 65.8 Å². The van der Waals surface area contributed by atoms with Gasteiger partial charge in [-0.15, -0.1) is 0 Å². The maximum Gasteiger partial charge on any atom is 0.263 e. The van der Waals surface area contributed by atoms with Crippen molar-refractivity contribution < 1.29 is 14.1 Å². The van der Waals surface area contributed by atoms with Crippen LogP contribution in [-0.2, 0) is 11.3 Å². The van der Waals surface area contributed by atoms with Crippen molar-refractivity contribution in [2.45, 2.75) is 19.6 Å². The molecule has 0 aliphatic rings. The zero-order chi connectivity index (χ0) is 20.2. The van der Waals surface area contributed by atoms with Gasteiger partial charge in [0.1, 0.15) is 5.75 Å². The fraction of sp³-hybridized carbons (Fsp3) is 0.174. The molecule has 146 valence electrons. The van der Waals surface area contributed by atoms with E-state index in [0.29, 0.717) is 17.5 Å². The summed E-state index contributed by atoms with van der Waals surface area (Å²) < 4.78 is 11.2. The number of aromatic nitrogens is 2. The average Bonchev–Trinajstić information content (AvgIpc) is 3.22. The summed E-state index contributed by atoms with van der Waals surface area (Å²) in [5.41, 5.74) is 0.865. The standard InChI is InChI=1S/C23H21N3O3/c1-16(28-20-13-12-17-8-6-7-11-19(17)14-20)23(27)26(2)15-21-24-22(25-29-21)18-9-4-3-5-10-18/h3-14,16H,15H2,1-2H3. The number of carbonyl (C=O) groups is 1. The van der Waals surface area contributed by atoms with Gasteiger partial charge < -0.3 is 14.2 Å². The van der Waals surface area contributed by atoms with Crippen LogP contribution in [0, 0.1) is 0 Å². The summed E-state index contributed by atoms with van der Waals surface area (Å²) in [6.07, 6.45) is -0.641. The summed E-state index contributed by atoms with van der Waals surface area (Å²) in [5.74, 6) is 1.36. The molecule has 1 amide bonds. The molecule has 1 unspecified atom stereocenters. The Balaban J connectivity index is 1.40. The second kappa shape index (κ2) is 8.14. The van der Waals surface area contributed by atoms with Crippen LogP contribution in [0.1, 0.15) is 12.8 Å². The fourth-order valence-corrected chi connectivity index (χ4v) is 3.11. The Bertz CT molecular complexity index is 1120. The lowest BCUT2D eigenvalue weighted by Crippen LogP contribution is -2.37. The van der Waals surface area contributed by atoms with Crippen molar-refractivity contribution in [3.63, 3.8) is 0 Å². The summed E-state index contributed by atoms with van der Waals surface area (Å²) in [4.78, 5) is 18.6. The summed E-state index contributed by atoms with van der Waals surface area (Å²) in [5, 5.41) is 6.18. The van der Waals surface area contributed by atoms with Crippen molar-refractivity contribution in [3.05, 3.63) is 78.7 Å². The number of hydrogen-bond donors (Lipinski definition) is 0. The second-order valence-corrected chi connectivity index (χ2v) is 6.84. The van der Waals surface area contributed by atoms with Crippen LogP contribution < -0.4 is 4.74 Å². The molecule has 1 aromatic heterocycles. The van der Waals surface area contributed by atoms with Gasteiger partial charge in [-0.2, -0.15) is 4.98 Å². The van der Waals surface area contributed by atoms with E-state index in [1.807, 2.05) is 72.8 Å². The number of likely N-dealkylation sites (N-methyl/N-ethyl adjacent to an activating group) is 1. The zero-order valence-electron chi connectivity index (χ0n) is 16.3. The van der Waals surface area contributed by atoms with Gasteiger partial charge in [0.2, 0.25) is 11.7 Å². The molecule has 29 heavy (non-hydrogen) atoms. The molecule has 0 aliphatic heterocycles. The third-order valence-electron chi connectivity index (χ3n) is 4.63. The predicted molar refractivity (Wildman–Crippen MR) is 110 cm³/mol.